The van der Waals surface area contributed by atoms with Gasteiger partial charge in [-0.1, -0.05) is 30.3 Å². The fraction of sp³-hybridized carbons (Fsp3) is 0.208. The van der Waals surface area contributed by atoms with E-state index in [-0.39, 0.29) is 29.6 Å². The standard InChI is InChI=1S/C24H24FN3O5/c1-24(2,3)28(23(30)31)21-14-18(11-12-26-21)33-17-9-10-20(19(25)13-17)27-22(29)32-15-16-7-5-4-6-8-16/h4-14H,15H2,1-3H3,(H,27,29)(H,30,31). The highest BCUT2D eigenvalue weighted by Crippen LogP contribution is 2.29. The smallest absolute Gasteiger partial charge is 0.413 e. The predicted octanol–water partition coefficient (Wildman–Crippen LogP) is 6.04. The monoisotopic (exact) mass is 453 g/mol. The van der Waals surface area contributed by atoms with Gasteiger partial charge >= 0.3 is 12.2 Å². The van der Waals surface area contributed by atoms with Crippen LogP contribution in [-0.4, -0.2) is 27.8 Å². The number of amides is 2. The summed E-state index contributed by atoms with van der Waals surface area (Å²) in [6.45, 7) is 5.27. The molecule has 0 saturated carbocycles. The molecule has 0 aliphatic carbocycles. The Balaban J connectivity index is 1.67. The van der Waals surface area contributed by atoms with E-state index < -0.39 is 23.5 Å². The molecule has 2 amide bonds. The summed E-state index contributed by atoms with van der Waals surface area (Å²) in [5, 5.41) is 11.9. The maximum Gasteiger partial charge on any atom is 0.413 e. The molecule has 0 radical (unpaired) electrons. The minimum Gasteiger partial charge on any atom is -0.465 e. The average molecular weight is 453 g/mol. The van der Waals surface area contributed by atoms with Gasteiger partial charge in [0.2, 0.25) is 0 Å². The first kappa shape index (κ1) is 23.5. The number of nitrogens with zero attached hydrogens (tertiary/aromatic N) is 2. The number of hydrogen-bond acceptors (Lipinski definition) is 5. The van der Waals surface area contributed by atoms with Crippen molar-refractivity contribution >= 4 is 23.7 Å². The number of anilines is 2. The van der Waals surface area contributed by atoms with Crippen LogP contribution in [0.3, 0.4) is 0 Å². The van der Waals surface area contributed by atoms with Crippen molar-refractivity contribution in [2.45, 2.75) is 32.9 Å². The number of nitrogens with one attached hydrogen (secondary N) is 1. The lowest BCUT2D eigenvalue weighted by Crippen LogP contribution is -2.45. The van der Waals surface area contributed by atoms with Crippen molar-refractivity contribution in [2.24, 2.45) is 0 Å². The quantitative estimate of drug-likeness (QED) is 0.472. The largest absolute Gasteiger partial charge is 0.465 e. The van der Waals surface area contributed by atoms with Gasteiger partial charge in [-0.25, -0.2) is 19.0 Å². The second-order valence-corrected chi connectivity index (χ2v) is 8.07. The van der Waals surface area contributed by atoms with Crippen molar-refractivity contribution in [3.05, 3.63) is 78.2 Å². The number of ether oxygens (including phenoxy) is 2. The molecule has 2 aromatic carbocycles. The Morgan fingerprint density at radius 3 is 2.39 bits per heavy atom. The minimum atomic E-state index is -1.16. The lowest BCUT2D eigenvalue weighted by Gasteiger charge is -2.32. The number of halogens is 1. The Hall–Kier alpha value is -4.14. The first-order valence-electron chi connectivity index (χ1n) is 10.1. The summed E-state index contributed by atoms with van der Waals surface area (Å²) < 4.78 is 25.2. The lowest BCUT2D eigenvalue weighted by atomic mass is 10.1. The number of rotatable bonds is 6. The zero-order valence-corrected chi connectivity index (χ0v) is 18.4. The summed E-state index contributed by atoms with van der Waals surface area (Å²) >= 11 is 0. The fourth-order valence-electron chi connectivity index (χ4n) is 2.98. The van der Waals surface area contributed by atoms with Crippen LogP contribution in [-0.2, 0) is 11.3 Å². The number of aromatic nitrogens is 1. The van der Waals surface area contributed by atoms with Crippen LogP contribution in [0.4, 0.5) is 25.5 Å². The summed E-state index contributed by atoms with van der Waals surface area (Å²) in [4.78, 5) is 28.8. The van der Waals surface area contributed by atoms with Gasteiger partial charge < -0.3 is 14.6 Å². The SMILES string of the molecule is CC(C)(C)N(C(=O)O)c1cc(Oc2ccc(NC(=O)OCc3ccccc3)c(F)c2)ccn1. The molecule has 8 nitrogen and oxygen atoms in total. The van der Waals surface area contributed by atoms with Gasteiger partial charge in [-0.3, -0.25) is 10.2 Å². The third-order valence-electron chi connectivity index (χ3n) is 4.43. The van der Waals surface area contributed by atoms with Crippen LogP contribution in [0.25, 0.3) is 0 Å². The molecular weight excluding hydrogens is 429 g/mol. The molecule has 172 valence electrons. The van der Waals surface area contributed by atoms with Gasteiger partial charge in [-0.15, -0.1) is 0 Å². The number of carbonyl (C=O) groups excluding carboxylic acids is 1. The van der Waals surface area contributed by atoms with E-state index in [4.69, 9.17) is 9.47 Å². The summed E-state index contributed by atoms with van der Waals surface area (Å²) in [5.74, 6) is -0.115. The zero-order chi connectivity index (χ0) is 24.0. The molecule has 0 bridgehead atoms. The Morgan fingerprint density at radius 1 is 1.06 bits per heavy atom. The summed E-state index contributed by atoms with van der Waals surface area (Å²) in [7, 11) is 0. The Bertz CT molecular complexity index is 1130. The Morgan fingerprint density at radius 2 is 1.76 bits per heavy atom. The molecule has 0 spiro atoms. The molecule has 1 aromatic heterocycles. The first-order valence-corrected chi connectivity index (χ1v) is 10.1. The van der Waals surface area contributed by atoms with E-state index in [9.17, 15) is 19.1 Å². The maximum atomic E-state index is 14.5. The Labute approximate surface area is 190 Å². The number of pyridine rings is 1. The van der Waals surface area contributed by atoms with Crippen LogP contribution in [0, 0.1) is 5.82 Å². The van der Waals surface area contributed by atoms with E-state index >= 15 is 0 Å². The van der Waals surface area contributed by atoms with E-state index in [1.807, 2.05) is 30.3 Å². The third kappa shape index (κ3) is 6.42. The number of carbonyl (C=O) groups is 2. The van der Waals surface area contributed by atoms with E-state index in [2.05, 4.69) is 10.3 Å². The lowest BCUT2D eigenvalue weighted by molar-refractivity contribution is 0.155. The van der Waals surface area contributed by atoms with Gasteiger partial charge in [0, 0.05) is 23.9 Å². The molecule has 0 aliphatic rings. The van der Waals surface area contributed by atoms with Crippen molar-refractivity contribution in [3.8, 4) is 11.5 Å². The van der Waals surface area contributed by atoms with Crippen LogP contribution in [0.2, 0.25) is 0 Å². The van der Waals surface area contributed by atoms with E-state index in [0.29, 0.717) is 0 Å². The minimum absolute atomic E-state index is 0.0573. The molecule has 2 N–H and O–H groups in total. The van der Waals surface area contributed by atoms with Crippen molar-refractivity contribution in [2.75, 3.05) is 10.2 Å². The zero-order valence-electron chi connectivity index (χ0n) is 18.4. The topological polar surface area (TPSA) is 101 Å². The van der Waals surface area contributed by atoms with Crippen LogP contribution in [0.5, 0.6) is 11.5 Å². The number of hydrogen-bond donors (Lipinski definition) is 2. The molecular formula is C24H24FN3O5. The molecule has 3 rings (SSSR count). The van der Waals surface area contributed by atoms with Crippen LogP contribution < -0.4 is 15.0 Å². The van der Waals surface area contributed by atoms with Gasteiger partial charge in [-0.2, -0.15) is 0 Å². The average Bonchev–Trinajstić information content (AvgIpc) is 2.74. The van der Waals surface area contributed by atoms with Crippen LogP contribution in [0.1, 0.15) is 26.3 Å². The van der Waals surface area contributed by atoms with E-state index in [1.165, 1.54) is 30.5 Å². The fourth-order valence-corrected chi connectivity index (χ4v) is 2.98. The third-order valence-corrected chi connectivity index (χ3v) is 4.43. The van der Waals surface area contributed by atoms with Crippen molar-refractivity contribution in [3.63, 3.8) is 0 Å². The normalized spacial score (nSPS) is 10.9. The highest BCUT2D eigenvalue weighted by atomic mass is 19.1. The predicted molar refractivity (Wildman–Crippen MR) is 121 cm³/mol. The molecule has 0 saturated heterocycles. The highest BCUT2D eigenvalue weighted by Gasteiger charge is 2.29. The van der Waals surface area contributed by atoms with Gasteiger partial charge in [0.1, 0.15) is 23.9 Å². The van der Waals surface area contributed by atoms with Crippen LogP contribution >= 0.6 is 0 Å². The first-order chi connectivity index (χ1) is 15.6. The van der Waals surface area contributed by atoms with E-state index in [0.717, 1.165) is 16.5 Å². The molecule has 0 aliphatic heterocycles. The van der Waals surface area contributed by atoms with Gasteiger partial charge in [0.05, 0.1) is 5.69 Å². The summed E-state index contributed by atoms with van der Waals surface area (Å²) in [6, 6.07) is 16.0. The molecule has 0 unspecified atom stereocenters. The second-order valence-electron chi connectivity index (χ2n) is 8.07. The number of benzene rings is 2. The van der Waals surface area contributed by atoms with Crippen molar-refractivity contribution < 1.29 is 28.6 Å². The van der Waals surface area contributed by atoms with Gasteiger partial charge in [-0.05, 0) is 44.5 Å². The summed E-state index contributed by atoms with van der Waals surface area (Å²) in [5.41, 5.74) is 0.00792. The molecule has 1 heterocycles. The second kappa shape index (κ2) is 9.99. The van der Waals surface area contributed by atoms with Crippen LogP contribution in [0.15, 0.2) is 66.9 Å². The van der Waals surface area contributed by atoms with Crippen molar-refractivity contribution in [1.82, 2.24) is 4.98 Å². The molecule has 0 fully saturated rings. The summed E-state index contributed by atoms with van der Waals surface area (Å²) in [6.07, 6.45) is -0.546. The van der Waals surface area contributed by atoms with Crippen molar-refractivity contribution in [1.29, 1.82) is 0 Å². The van der Waals surface area contributed by atoms with Gasteiger partial charge in [0.25, 0.3) is 0 Å². The number of carboxylic acid groups (broad SMARTS) is 1. The maximum absolute atomic E-state index is 14.5. The molecule has 0 atom stereocenters. The molecule has 3 aromatic rings. The highest BCUT2D eigenvalue weighted by molar-refractivity contribution is 5.86. The molecule has 33 heavy (non-hydrogen) atoms. The molecule has 9 heteroatoms. The van der Waals surface area contributed by atoms with E-state index in [1.54, 1.807) is 20.8 Å². The van der Waals surface area contributed by atoms with Gasteiger partial charge in [0.15, 0.2) is 5.82 Å². The Kier molecular flexibility index (Phi) is 7.12.